The maximum atomic E-state index is 11.9. The van der Waals surface area contributed by atoms with E-state index in [1.807, 2.05) is 48.5 Å². The van der Waals surface area contributed by atoms with Crippen LogP contribution in [0.15, 0.2) is 48.5 Å². The van der Waals surface area contributed by atoms with E-state index in [-0.39, 0.29) is 12.3 Å². The Labute approximate surface area is 158 Å². The lowest BCUT2D eigenvalue weighted by Gasteiger charge is -2.17. The number of benzene rings is 2. The first kappa shape index (κ1) is 20.4. The van der Waals surface area contributed by atoms with Crippen molar-refractivity contribution in [1.29, 1.82) is 0 Å². The Morgan fingerprint density at radius 1 is 1.15 bits per heavy atom. The largest absolute Gasteiger partial charge is 0.457 e. The molecule has 7 nitrogen and oxygen atoms in total. The lowest BCUT2D eigenvalue weighted by atomic mass is 10.1. The standard InChI is InChI=1S/C20H25N3O4/c1-23(2)20(25)17(21)13-14-7-10-16(11-8-14)27-18-6-4-3-5-15(18)9-12-19(24)22-26/h3-8,10-11,17,26H,9,12-13,21H2,1-2H3,(H,22,24). The van der Waals surface area contributed by atoms with Gasteiger partial charge in [-0.1, -0.05) is 30.3 Å². The van der Waals surface area contributed by atoms with Crippen LogP contribution in [0.2, 0.25) is 0 Å². The van der Waals surface area contributed by atoms with E-state index in [0.717, 1.165) is 11.1 Å². The Kier molecular flexibility index (Phi) is 7.34. The zero-order valence-corrected chi connectivity index (χ0v) is 15.5. The third-order valence-corrected chi connectivity index (χ3v) is 4.08. The summed E-state index contributed by atoms with van der Waals surface area (Å²) in [4.78, 5) is 24.6. The van der Waals surface area contributed by atoms with E-state index in [1.165, 1.54) is 4.90 Å². The van der Waals surface area contributed by atoms with Gasteiger partial charge in [-0.2, -0.15) is 0 Å². The highest BCUT2D eigenvalue weighted by molar-refractivity contribution is 5.81. The Hall–Kier alpha value is -2.90. The van der Waals surface area contributed by atoms with Crippen LogP contribution >= 0.6 is 0 Å². The third-order valence-electron chi connectivity index (χ3n) is 4.08. The molecule has 0 heterocycles. The topological polar surface area (TPSA) is 105 Å². The summed E-state index contributed by atoms with van der Waals surface area (Å²) in [6, 6.07) is 14.2. The van der Waals surface area contributed by atoms with Crippen LogP contribution < -0.4 is 16.0 Å². The molecule has 0 saturated carbocycles. The van der Waals surface area contributed by atoms with E-state index in [1.54, 1.807) is 19.6 Å². The number of likely N-dealkylation sites (N-methyl/N-ethyl adjacent to an activating group) is 1. The summed E-state index contributed by atoms with van der Waals surface area (Å²) < 4.78 is 5.92. The van der Waals surface area contributed by atoms with Gasteiger partial charge in [0.1, 0.15) is 11.5 Å². The summed E-state index contributed by atoms with van der Waals surface area (Å²) in [6.07, 6.45) is 1.06. The minimum Gasteiger partial charge on any atom is -0.457 e. The van der Waals surface area contributed by atoms with Crippen LogP contribution in [0, 0.1) is 0 Å². The number of nitrogens with zero attached hydrogens (tertiary/aromatic N) is 1. The fourth-order valence-corrected chi connectivity index (χ4v) is 2.61. The molecular formula is C20H25N3O4. The second-order valence-electron chi connectivity index (χ2n) is 6.43. The summed E-state index contributed by atoms with van der Waals surface area (Å²) >= 11 is 0. The van der Waals surface area contributed by atoms with Crippen LogP contribution in [0.3, 0.4) is 0 Å². The van der Waals surface area contributed by atoms with E-state index in [0.29, 0.717) is 24.3 Å². The van der Waals surface area contributed by atoms with Crippen molar-refractivity contribution in [2.45, 2.75) is 25.3 Å². The second kappa shape index (κ2) is 9.70. The number of nitrogens with two attached hydrogens (primary N) is 1. The molecule has 4 N–H and O–H groups in total. The Bertz CT molecular complexity index is 775. The van der Waals surface area contributed by atoms with Gasteiger partial charge in [-0.15, -0.1) is 0 Å². The smallest absolute Gasteiger partial charge is 0.243 e. The minimum absolute atomic E-state index is 0.115. The molecule has 0 bridgehead atoms. The first-order valence-corrected chi connectivity index (χ1v) is 8.65. The Balaban J connectivity index is 2.02. The Morgan fingerprint density at radius 2 is 1.81 bits per heavy atom. The maximum Gasteiger partial charge on any atom is 0.243 e. The minimum atomic E-state index is -0.579. The second-order valence-corrected chi connectivity index (χ2v) is 6.43. The number of hydrogen-bond acceptors (Lipinski definition) is 5. The van der Waals surface area contributed by atoms with Gasteiger partial charge in [0, 0.05) is 20.5 Å². The fraction of sp³-hybridized carbons (Fsp3) is 0.300. The molecule has 0 spiro atoms. The predicted molar refractivity (Wildman–Crippen MR) is 102 cm³/mol. The van der Waals surface area contributed by atoms with Gasteiger partial charge in [-0.25, -0.2) is 5.48 Å². The molecule has 2 amide bonds. The molecule has 7 heteroatoms. The average molecular weight is 371 g/mol. The van der Waals surface area contributed by atoms with Gasteiger partial charge >= 0.3 is 0 Å². The number of ether oxygens (including phenoxy) is 1. The highest BCUT2D eigenvalue weighted by Crippen LogP contribution is 2.26. The number of amides is 2. The lowest BCUT2D eigenvalue weighted by molar-refractivity contribution is -0.130. The molecule has 0 aromatic heterocycles. The van der Waals surface area contributed by atoms with Crippen LogP contribution in [-0.4, -0.2) is 42.1 Å². The molecule has 0 radical (unpaired) electrons. The monoisotopic (exact) mass is 371 g/mol. The summed E-state index contributed by atoms with van der Waals surface area (Å²) in [5, 5.41) is 8.61. The molecule has 2 rings (SSSR count). The highest BCUT2D eigenvalue weighted by Gasteiger charge is 2.16. The first-order valence-electron chi connectivity index (χ1n) is 8.65. The molecule has 1 unspecified atom stereocenters. The molecular weight excluding hydrogens is 346 g/mol. The van der Waals surface area contributed by atoms with Crippen molar-refractivity contribution in [2.75, 3.05) is 14.1 Å². The van der Waals surface area contributed by atoms with Crippen LogP contribution in [0.5, 0.6) is 11.5 Å². The molecule has 144 valence electrons. The number of para-hydroxylation sites is 1. The predicted octanol–water partition coefficient (Wildman–Crippen LogP) is 1.87. The molecule has 2 aromatic carbocycles. The molecule has 0 fully saturated rings. The summed E-state index contributed by atoms with van der Waals surface area (Å²) in [5.74, 6) is 0.731. The van der Waals surface area contributed by atoms with Crippen molar-refractivity contribution in [1.82, 2.24) is 10.4 Å². The van der Waals surface area contributed by atoms with E-state index in [9.17, 15) is 9.59 Å². The van der Waals surface area contributed by atoms with Gasteiger partial charge in [-0.05, 0) is 42.2 Å². The molecule has 1 atom stereocenters. The van der Waals surface area contributed by atoms with Crippen molar-refractivity contribution in [2.24, 2.45) is 5.73 Å². The van der Waals surface area contributed by atoms with Crippen LogP contribution in [0.25, 0.3) is 0 Å². The quantitative estimate of drug-likeness (QED) is 0.485. The Morgan fingerprint density at radius 3 is 2.44 bits per heavy atom. The molecule has 27 heavy (non-hydrogen) atoms. The van der Waals surface area contributed by atoms with Gasteiger partial charge in [0.25, 0.3) is 0 Å². The number of carbonyl (C=O) groups is 2. The van der Waals surface area contributed by atoms with E-state index in [4.69, 9.17) is 15.7 Å². The first-order chi connectivity index (χ1) is 12.9. The van der Waals surface area contributed by atoms with Gasteiger partial charge in [-0.3, -0.25) is 14.8 Å². The highest BCUT2D eigenvalue weighted by atomic mass is 16.5. The lowest BCUT2D eigenvalue weighted by Crippen LogP contribution is -2.41. The van der Waals surface area contributed by atoms with Crippen molar-refractivity contribution in [3.63, 3.8) is 0 Å². The van der Waals surface area contributed by atoms with Crippen LogP contribution in [0.4, 0.5) is 0 Å². The van der Waals surface area contributed by atoms with Crippen molar-refractivity contribution >= 4 is 11.8 Å². The molecule has 0 aliphatic heterocycles. The van der Waals surface area contributed by atoms with Gasteiger partial charge in [0.2, 0.25) is 11.8 Å². The third kappa shape index (κ3) is 6.09. The summed E-state index contributed by atoms with van der Waals surface area (Å²) in [6.45, 7) is 0. The molecule has 0 aliphatic carbocycles. The SMILES string of the molecule is CN(C)C(=O)C(N)Cc1ccc(Oc2ccccc2CCC(=O)NO)cc1. The number of hydrogen-bond donors (Lipinski definition) is 3. The van der Waals surface area contributed by atoms with Crippen LogP contribution in [0.1, 0.15) is 17.5 Å². The van der Waals surface area contributed by atoms with Crippen molar-refractivity contribution < 1.29 is 19.5 Å². The average Bonchev–Trinajstić information content (AvgIpc) is 2.67. The number of hydroxylamine groups is 1. The normalized spacial score (nSPS) is 11.6. The number of carbonyl (C=O) groups excluding carboxylic acids is 2. The fourth-order valence-electron chi connectivity index (χ4n) is 2.61. The summed E-state index contributed by atoms with van der Waals surface area (Å²) in [5.41, 5.74) is 9.36. The van der Waals surface area contributed by atoms with Gasteiger partial charge in [0.15, 0.2) is 0 Å². The van der Waals surface area contributed by atoms with E-state index < -0.39 is 11.9 Å². The van der Waals surface area contributed by atoms with E-state index >= 15 is 0 Å². The number of nitrogens with one attached hydrogen (secondary N) is 1. The zero-order chi connectivity index (χ0) is 19.8. The summed E-state index contributed by atoms with van der Waals surface area (Å²) in [7, 11) is 3.36. The molecule has 2 aromatic rings. The van der Waals surface area contributed by atoms with Gasteiger partial charge in [0.05, 0.1) is 6.04 Å². The van der Waals surface area contributed by atoms with Crippen molar-refractivity contribution in [3.8, 4) is 11.5 Å². The zero-order valence-electron chi connectivity index (χ0n) is 15.5. The van der Waals surface area contributed by atoms with Crippen molar-refractivity contribution in [3.05, 3.63) is 59.7 Å². The number of rotatable bonds is 8. The maximum absolute atomic E-state index is 11.9. The molecule has 0 aliphatic rings. The van der Waals surface area contributed by atoms with Crippen LogP contribution in [-0.2, 0) is 22.4 Å². The number of aryl methyl sites for hydroxylation is 1. The van der Waals surface area contributed by atoms with Gasteiger partial charge < -0.3 is 15.4 Å². The van der Waals surface area contributed by atoms with E-state index in [2.05, 4.69) is 0 Å². The molecule has 0 saturated heterocycles.